The molecule has 4 nitrogen and oxygen atoms in total. The van der Waals surface area contributed by atoms with Gasteiger partial charge >= 0.3 is 0 Å². The van der Waals surface area contributed by atoms with Crippen LogP contribution in [0.15, 0.2) is 42.5 Å². The van der Waals surface area contributed by atoms with Gasteiger partial charge in [-0.2, -0.15) is 0 Å². The molecule has 0 unspecified atom stereocenters. The summed E-state index contributed by atoms with van der Waals surface area (Å²) in [5.41, 5.74) is 2.69. The molecular weight excluding hydrogens is 266 g/mol. The minimum absolute atomic E-state index is 0.0796. The van der Waals surface area contributed by atoms with Crippen LogP contribution in [0.25, 0.3) is 0 Å². The van der Waals surface area contributed by atoms with Gasteiger partial charge in [-0.3, -0.25) is 4.79 Å². The highest BCUT2D eigenvalue weighted by molar-refractivity contribution is 5.93. The zero-order valence-corrected chi connectivity index (χ0v) is 12.5. The van der Waals surface area contributed by atoms with Crippen molar-refractivity contribution in [3.8, 4) is 11.5 Å². The van der Waals surface area contributed by atoms with Crippen molar-refractivity contribution in [3.63, 3.8) is 0 Å². The zero-order valence-electron chi connectivity index (χ0n) is 12.5. The van der Waals surface area contributed by atoms with E-state index >= 15 is 0 Å². The first kappa shape index (κ1) is 14.9. The van der Waals surface area contributed by atoms with Crippen molar-refractivity contribution < 1.29 is 14.3 Å². The number of aryl methyl sites for hydroxylation is 1. The normalized spacial score (nSPS) is 10.0. The lowest BCUT2D eigenvalue weighted by Gasteiger charge is -2.11. The highest BCUT2D eigenvalue weighted by Gasteiger charge is 2.08. The molecule has 0 aliphatic rings. The van der Waals surface area contributed by atoms with Gasteiger partial charge in [0.2, 0.25) is 5.91 Å². The fraction of sp³-hybridized carbons (Fsp3) is 0.235. The molecule has 0 heterocycles. The summed E-state index contributed by atoms with van der Waals surface area (Å²) in [7, 11) is 3.20. The van der Waals surface area contributed by atoms with E-state index in [1.165, 1.54) is 0 Å². The van der Waals surface area contributed by atoms with E-state index in [2.05, 4.69) is 5.32 Å². The van der Waals surface area contributed by atoms with Crippen LogP contribution >= 0.6 is 0 Å². The summed E-state index contributed by atoms with van der Waals surface area (Å²) in [6.07, 6.45) is 0.307. The summed E-state index contributed by atoms with van der Waals surface area (Å²) < 4.78 is 10.3. The predicted molar refractivity (Wildman–Crippen MR) is 83.1 cm³/mol. The van der Waals surface area contributed by atoms with Crippen molar-refractivity contribution in [2.24, 2.45) is 0 Å². The third-order valence-corrected chi connectivity index (χ3v) is 3.15. The first-order valence-electron chi connectivity index (χ1n) is 6.70. The van der Waals surface area contributed by atoms with Gasteiger partial charge in [-0.05, 0) is 42.3 Å². The van der Waals surface area contributed by atoms with Crippen LogP contribution in [0.3, 0.4) is 0 Å². The van der Waals surface area contributed by atoms with E-state index in [0.29, 0.717) is 17.9 Å². The number of anilines is 1. The van der Waals surface area contributed by atoms with Crippen LogP contribution in [0.5, 0.6) is 11.5 Å². The summed E-state index contributed by atoms with van der Waals surface area (Å²) in [4.78, 5) is 12.1. The van der Waals surface area contributed by atoms with Gasteiger partial charge in [0.25, 0.3) is 0 Å². The maximum atomic E-state index is 12.1. The average Bonchev–Trinajstić information content (AvgIpc) is 2.48. The molecule has 0 fully saturated rings. The second kappa shape index (κ2) is 6.79. The molecule has 2 rings (SSSR count). The van der Waals surface area contributed by atoms with Crippen molar-refractivity contribution in [2.75, 3.05) is 19.5 Å². The Morgan fingerprint density at radius 3 is 2.38 bits per heavy atom. The van der Waals surface area contributed by atoms with Gasteiger partial charge in [0.15, 0.2) is 0 Å². The number of carbonyl (C=O) groups is 1. The Balaban J connectivity index is 2.05. The molecule has 0 aliphatic carbocycles. The van der Waals surface area contributed by atoms with Gasteiger partial charge in [0, 0.05) is 0 Å². The Labute approximate surface area is 124 Å². The van der Waals surface area contributed by atoms with Crippen molar-refractivity contribution in [3.05, 3.63) is 53.6 Å². The summed E-state index contributed by atoms with van der Waals surface area (Å²) in [6, 6.07) is 13.1. The van der Waals surface area contributed by atoms with Gasteiger partial charge in [-0.15, -0.1) is 0 Å². The van der Waals surface area contributed by atoms with Crippen LogP contribution in [0.4, 0.5) is 5.69 Å². The quantitative estimate of drug-likeness (QED) is 0.917. The van der Waals surface area contributed by atoms with E-state index in [1.807, 2.05) is 49.4 Å². The number of nitrogens with one attached hydrogen (secondary N) is 1. The van der Waals surface area contributed by atoms with Crippen molar-refractivity contribution in [2.45, 2.75) is 13.3 Å². The zero-order chi connectivity index (χ0) is 15.2. The second-order valence-corrected chi connectivity index (χ2v) is 4.78. The van der Waals surface area contributed by atoms with E-state index in [9.17, 15) is 4.79 Å². The molecule has 0 saturated heterocycles. The molecule has 0 atom stereocenters. The topological polar surface area (TPSA) is 47.6 Å². The summed E-state index contributed by atoms with van der Waals surface area (Å²) in [5, 5.41) is 2.88. The molecule has 0 bridgehead atoms. The number of methoxy groups -OCH3 is 2. The highest BCUT2D eigenvalue weighted by atomic mass is 16.5. The molecule has 21 heavy (non-hydrogen) atoms. The summed E-state index contributed by atoms with van der Waals surface area (Å²) in [5.74, 6) is 1.35. The van der Waals surface area contributed by atoms with E-state index in [1.54, 1.807) is 14.2 Å². The second-order valence-electron chi connectivity index (χ2n) is 4.78. The Kier molecular flexibility index (Phi) is 4.82. The standard InChI is InChI=1S/C17H19NO3/c1-12-4-9-16(21-3)15(10-12)18-17(19)11-13-5-7-14(20-2)8-6-13/h4-10H,11H2,1-3H3,(H,18,19). The minimum Gasteiger partial charge on any atom is -0.497 e. The maximum Gasteiger partial charge on any atom is 0.228 e. The molecule has 0 saturated carbocycles. The molecule has 4 heteroatoms. The summed E-state index contributed by atoms with van der Waals surface area (Å²) >= 11 is 0. The SMILES string of the molecule is COc1ccc(CC(=O)Nc2cc(C)ccc2OC)cc1. The van der Waals surface area contributed by atoms with Crippen LogP contribution in [0.1, 0.15) is 11.1 Å². The van der Waals surface area contributed by atoms with E-state index in [4.69, 9.17) is 9.47 Å². The van der Waals surface area contributed by atoms with E-state index in [-0.39, 0.29) is 5.91 Å². The number of amides is 1. The van der Waals surface area contributed by atoms with Gasteiger partial charge in [0.1, 0.15) is 11.5 Å². The highest BCUT2D eigenvalue weighted by Crippen LogP contribution is 2.25. The van der Waals surface area contributed by atoms with E-state index in [0.717, 1.165) is 16.9 Å². The fourth-order valence-electron chi connectivity index (χ4n) is 2.04. The first-order chi connectivity index (χ1) is 10.1. The van der Waals surface area contributed by atoms with Crippen LogP contribution in [-0.4, -0.2) is 20.1 Å². The maximum absolute atomic E-state index is 12.1. The Morgan fingerprint density at radius 1 is 1.05 bits per heavy atom. The van der Waals surface area contributed by atoms with Crippen molar-refractivity contribution in [1.82, 2.24) is 0 Å². The number of rotatable bonds is 5. The molecule has 1 N–H and O–H groups in total. The number of hydrogen-bond acceptors (Lipinski definition) is 3. The molecule has 0 radical (unpaired) electrons. The molecular formula is C17H19NO3. The Hall–Kier alpha value is -2.49. The number of hydrogen-bond donors (Lipinski definition) is 1. The molecule has 2 aromatic carbocycles. The molecule has 2 aromatic rings. The first-order valence-corrected chi connectivity index (χ1v) is 6.70. The lowest BCUT2D eigenvalue weighted by molar-refractivity contribution is -0.115. The van der Waals surface area contributed by atoms with Crippen LogP contribution in [-0.2, 0) is 11.2 Å². The third kappa shape index (κ3) is 3.99. The minimum atomic E-state index is -0.0796. The largest absolute Gasteiger partial charge is 0.497 e. The van der Waals surface area contributed by atoms with Gasteiger partial charge < -0.3 is 14.8 Å². The molecule has 0 aromatic heterocycles. The molecule has 0 aliphatic heterocycles. The lowest BCUT2D eigenvalue weighted by Crippen LogP contribution is -2.15. The molecule has 1 amide bonds. The predicted octanol–water partition coefficient (Wildman–Crippen LogP) is 3.19. The third-order valence-electron chi connectivity index (χ3n) is 3.15. The van der Waals surface area contributed by atoms with Crippen LogP contribution < -0.4 is 14.8 Å². The van der Waals surface area contributed by atoms with Gasteiger partial charge in [0.05, 0.1) is 26.3 Å². The number of carbonyl (C=O) groups excluding carboxylic acids is 1. The smallest absolute Gasteiger partial charge is 0.228 e. The fourth-order valence-corrected chi connectivity index (χ4v) is 2.04. The van der Waals surface area contributed by atoms with Crippen LogP contribution in [0.2, 0.25) is 0 Å². The van der Waals surface area contributed by atoms with Crippen molar-refractivity contribution in [1.29, 1.82) is 0 Å². The Morgan fingerprint density at radius 2 is 1.76 bits per heavy atom. The monoisotopic (exact) mass is 285 g/mol. The molecule has 110 valence electrons. The van der Waals surface area contributed by atoms with Gasteiger partial charge in [-0.1, -0.05) is 18.2 Å². The number of ether oxygens (including phenoxy) is 2. The van der Waals surface area contributed by atoms with Crippen LogP contribution in [0, 0.1) is 6.92 Å². The lowest BCUT2D eigenvalue weighted by atomic mass is 10.1. The van der Waals surface area contributed by atoms with Crippen molar-refractivity contribution >= 4 is 11.6 Å². The van der Waals surface area contributed by atoms with Gasteiger partial charge in [-0.25, -0.2) is 0 Å². The average molecular weight is 285 g/mol. The Bertz CT molecular complexity index is 620. The molecule has 0 spiro atoms. The van der Waals surface area contributed by atoms with E-state index < -0.39 is 0 Å². The summed E-state index contributed by atoms with van der Waals surface area (Å²) in [6.45, 7) is 1.97. The number of benzene rings is 2.